The molecule has 6 nitrogen and oxygen atoms in total. The Labute approximate surface area is 187 Å². The van der Waals surface area contributed by atoms with Gasteiger partial charge in [-0.25, -0.2) is 9.37 Å². The van der Waals surface area contributed by atoms with Gasteiger partial charge in [0.15, 0.2) is 0 Å². The van der Waals surface area contributed by atoms with Crippen molar-refractivity contribution in [1.82, 2.24) is 19.8 Å². The van der Waals surface area contributed by atoms with E-state index in [9.17, 15) is 14.0 Å². The summed E-state index contributed by atoms with van der Waals surface area (Å²) in [4.78, 5) is 37.5. The Hall–Kier alpha value is -2.80. The Kier molecular flexibility index (Phi) is 5.91. The number of hydrogen-bond acceptors (Lipinski definition) is 4. The number of aromatic amines is 1. The number of allylic oxidation sites excluding steroid dienone is 2. The second kappa shape index (κ2) is 8.98. The maximum atomic E-state index is 14.1. The maximum Gasteiger partial charge on any atom is 0.257 e. The van der Waals surface area contributed by atoms with Crippen molar-refractivity contribution < 1.29 is 9.18 Å². The lowest BCUT2D eigenvalue weighted by Gasteiger charge is -2.28. The van der Waals surface area contributed by atoms with Gasteiger partial charge in [0.05, 0.1) is 17.8 Å². The molecule has 32 heavy (non-hydrogen) atoms. The average Bonchev–Trinajstić information content (AvgIpc) is 3.28. The van der Waals surface area contributed by atoms with Crippen LogP contribution in [0.15, 0.2) is 41.2 Å². The highest BCUT2D eigenvalue weighted by atomic mass is 19.1. The van der Waals surface area contributed by atoms with Crippen LogP contribution in [0.2, 0.25) is 0 Å². The van der Waals surface area contributed by atoms with Crippen molar-refractivity contribution in [2.24, 2.45) is 5.92 Å². The largest absolute Gasteiger partial charge is 0.332 e. The van der Waals surface area contributed by atoms with E-state index in [0.29, 0.717) is 30.1 Å². The molecule has 1 aliphatic carbocycles. The Morgan fingerprint density at radius 1 is 1.19 bits per heavy atom. The number of H-pyrrole nitrogens is 1. The molecule has 0 unspecified atom stereocenters. The first kappa shape index (κ1) is 21.1. The van der Waals surface area contributed by atoms with E-state index < -0.39 is 5.82 Å². The molecule has 0 radical (unpaired) electrons. The van der Waals surface area contributed by atoms with E-state index in [1.807, 2.05) is 0 Å². The van der Waals surface area contributed by atoms with Gasteiger partial charge in [0, 0.05) is 31.1 Å². The van der Waals surface area contributed by atoms with E-state index in [-0.39, 0.29) is 29.5 Å². The molecule has 3 aliphatic rings. The highest BCUT2D eigenvalue weighted by Gasteiger charge is 2.31. The lowest BCUT2D eigenvalue weighted by Crippen LogP contribution is -2.40. The van der Waals surface area contributed by atoms with Gasteiger partial charge in [-0.3, -0.25) is 9.59 Å². The third kappa shape index (κ3) is 4.26. The zero-order valence-electron chi connectivity index (χ0n) is 18.2. The first-order valence-electron chi connectivity index (χ1n) is 11.6. The number of carbonyl (C=O) groups is 1. The van der Waals surface area contributed by atoms with Crippen LogP contribution in [-0.2, 0) is 13.0 Å². The molecule has 1 fully saturated rings. The molecule has 1 N–H and O–H groups in total. The lowest BCUT2D eigenvalue weighted by atomic mass is 9.94. The van der Waals surface area contributed by atoms with Crippen molar-refractivity contribution in [2.75, 3.05) is 26.2 Å². The third-order valence-corrected chi connectivity index (χ3v) is 7.04. The lowest BCUT2D eigenvalue weighted by molar-refractivity contribution is 0.0726. The van der Waals surface area contributed by atoms with E-state index in [1.54, 1.807) is 17.0 Å². The number of benzene rings is 1. The van der Waals surface area contributed by atoms with E-state index in [1.165, 1.54) is 25.0 Å². The van der Waals surface area contributed by atoms with Crippen LogP contribution in [0.3, 0.4) is 0 Å². The van der Waals surface area contributed by atoms with E-state index in [4.69, 9.17) is 4.98 Å². The molecule has 5 rings (SSSR count). The zero-order chi connectivity index (χ0) is 22.1. The van der Waals surface area contributed by atoms with Crippen LogP contribution in [0.4, 0.5) is 4.39 Å². The zero-order valence-corrected chi connectivity index (χ0v) is 18.2. The molecule has 2 aromatic rings. The number of likely N-dealkylation sites (tertiary alicyclic amines) is 1. The summed E-state index contributed by atoms with van der Waals surface area (Å²) in [5.74, 6) is 0.755. The summed E-state index contributed by atoms with van der Waals surface area (Å²) >= 11 is 0. The van der Waals surface area contributed by atoms with Gasteiger partial charge in [-0.05, 0) is 56.7 Å². The smallest absolute Gasteiger partial charge is 0.257 e. The third-order valence-electron chi connectivity index (χ3n) is 7.04. The molecule has 0 saturated carbocycles. The Bertz CT molecular complexity index is 1100. The quantitative estimate of drug-likeness (QED) is 0.747. The highest BCUT2D eigenvalue weighted by Crippen LogP contribution is 2.28. The van der Waals surface area contributed by atoms with Crippen LogP contribution >= 0.6 is 0 Å². The second-order valence-corrected chi connectivity index (χ2v) is 9.23. The van der Waals surface area contributed by atoms with Crippen LogP contribution in [0.5, 0.6) is 0 Å². The Balaban J connectivity index is 1.30. The fraction of sp³-hybridized carbons (Fsp3) is 0.480. The van der Waals surface area contributed by atoms with Gasteiger partial charge in [0.2, 0.25) is 0 Å². The summed E-state index contributed by atoms with van der Waals surface area (Å²) in [5, 5.41) is 0. The molecule has 1 saturated heterocycles. The molecular weight excluding hydrogens is 407 g/mol. The number of carbonyl (C=O) groups excluding carboxylic acids is 1. The fourth-order valence-corrected chi connectivity index (χ4v) is 5.24. The average molecular weight is 437 g/mol. The molecule has 0 spiro atoms. The van der Waals surface area contributed by atoms with Crippen molar-refractivity contribution in [3.05, 3.63) is 75.2 Å². The Morgan fingerprint density at radius 2 is 2.06 bits per heavy atom. The summed E-state index contributed by atoms with van der Waals surface area (Å²) in [6.07, 6.45) is 9.54. The van der Waals surface area contributed by atoms with Gasteiger partial charge in [0.25, 0.3) is 11.5 Å². The van der Waals surface area contributed by atoms with Crippen molar-refractivity contribution in [3.8, 4) is 0 Å². The van der Waals surface area contributed by atoms with Gasteiger partial charge in [-0.1, -0.05) is 24.3 Å². The molecule has 1 aromatic carbocycles. The monoisotopic (exact) mass is 436 g/mol. The van der Waals surface area contributed by atoms with Crippen LogP contribution in [0, 0.1) is 11.7 Å². The van der Waals surface area contributed by atoms with Gasteiger partial charge >= 0.3 is 0 Å². The van der Waals surface area contributed by atoms with Crippen LogP contribution in [0.1, 0.15) is 59.0 Å². The number of halogens is 1. The summed E-state index contributed by atoms with van der Waals surface area (Å²) in [7, 11) is 0. The molecular formula is C25H29FN4O2. The number of nitrogens with zero attached hydrogens (tertiary/aromatic N) is 3. The topological polar surface area (TPSA) is 69.3 Å². The van der Waals surface area contributed by atoms with Crippen molar-refractivity contribution >= 4 is 5.91 Å². The first-order valence-corrected chi connectivity index (χ1v) is 11.6. The SMILES string of the molecule is O=C(c1ccccc1F)N1CCc2c(nc([C@@H]3CCN(C[C@H]4CC=CCC4)C3)[nH]c2=O)C1. The van der Waals surface area contributed by atoms with Gasteiger partial charge in [-0.2, -0.15) is 0 Å². The van der Waals surface area contributed by atoms with Crippen molar-refractivity contribution in [2.45, 2.75) is 44.6 Å². The Morgan fingerprint density at radius 3 is 2.88 bits per heavy atom. The van der Waals surface area contributed by atoms with Gasteiger partial charge < -0.3 is 14.8 Å². The van der Waals surface area contributed by atoms with Crippen LogP contribution < -0.4 is 5.56 Å². The minimum absolute atomic E-state index is 0.0602. The molecule has 168 valence electrons. The molecule has 3 heterocycles. The minimum atomic E-state index is -0.526. The molecule has 0 bridgehead atoms. The summed E-state index contributed by atoms with van der Waals surface area (Å²) in [6.45, 7) is 3.64. The van der Waals surface area contributed by atoms with Gasteiger partial charge in [0.1, 0.15) is 11.6 Å². The summed E-state index contributed by atoms with van der Waals surface area (Å²) < 4.78 is 14.1. The molecule has 2 atom stereocenters. The molecule has 7 heteroatoms. The number of nitrogens with one attached hydrogen (secondary N) is 1. The standard InChI is InChI=1S/C25H29FN4O2/c26-21-9-5-4-8-19(21)25(32)30-13-11-20-22(16-30)27-23(28-24(20)31)18-10-12-29(15-18)14-17-6-2-1-3-7-17/h1-2,4-5,8-9,17-18H,3,6-7,10-16H2,(H,27,28,31)/t17-,18+/m0/s1. The maximum absolute atomic E-state index is 14.1. The molecule has 1 amide bonds. The van der Waals surface area contributed by atoms with Crippen molar-refractivity contribution in [1.29, 1.82) is 0 Å². The van der Waals surface area contributed by atoms with E-state index in [2.05, 4.69) is 22.0 Å². The van der Waals surface area contributed by atoms with Crippen LogP contribution in [-0.4, -0.2) is 51.9 Å². The number of rotatable bonds is 4. The van der Waals surface area contributed by atoms with Gasteiger partial charge in [-0.15, -0.1) is 0 Å². The number of fused-ring (bicyclic) bond motifs is 1. The van der Waals surface area contributed by atoms with Crippen molar-refractivity contribution in [3.63, 3.8) is 0 Å². The molecule has 1 aromatic heterocycles. The second-order valence-electron chi connectivity index (χ2n) is 9.23. The van der Waals surface area contributed by atoms with E-state index >= 15 is 0 Å². The summed E-state index contributed by atoms with van der Waals surface area (Å²) in [5.41, 5.74) is 1.26. The first-order chi connectivity index (χ1) is 15.6. The minimum Gasteiger partial charge on any atom is -0.332 e. The highest BCUT2D eigenvalue weighted by molar-refractivity contribution is 5.94. The van der Waals surface area contributed by atoms with E-state index in [0.717, 1.165) is 38.3 Å². The predicted molar refractivity (Wildman–Crippen MR) is 120 cm³/mol. The van der Waals surface area contributed by atoms with Crippen LogP contribution in [0.25, 0.3) is 0 Å². The normalized spacial score (nSPS) is 23.3. The summed E-state index contributed by atoms with van der Waals surface area (Å²) in [6, 6.07) is 6.02. The number of amides is 1. The predicted octanol–water partition coefficient (Wildman–Crippen LogP) is 3.25. The number of hydrogen-bond donors (Lipinski definition) is 1. The number of aromatic nitrogens is 2. The fourth-order valence-electron chi connectivity index (χ4n) is 5.24. The molecule has 2 aliphatic heterocycles.